The number of nitrogens with one attached hydrogen (secondary N) is 1. The first-order chi connectivity index (χ1) is 12.1. The number of carbonyl (C=O) groups is 2. The van der Waals surface area contributed by atoms with Gasteiger partial charge in [-0.2, -0.15) is 0 Å². The molecule has 0 spiro atoms. The number of ether oxygens (including phenoxy) is 1. The van der Waals surface area contributed by atoms with Crippen LogP contribution in [0.4, 0.5) is 5.69 Å². The maximum atomic E-state index is 12.9. The van der Waals surface area contributed by atoms with E-state index in [1.807, 2.05) is 54.6 Å². The number of amides is 2. The number of likely N-dealkylation sites (tertiary alicyclic amines) is 1. The molecule has 0 aliphatic carbocycles. The van der Waals surface area contributed by atoms with E-state index in [0.717, 1.165) is 17.0 Å². The molecule has 1 saturated heterocycles. The van der Waals surface area contributed by atoms with Crippen LogP contribution >= 0.6 is 0 Å². The second-order valence-corrected chi connectivity index (χ2v) is 6.22. The molecule has 5 heteroatoms. The number of benzene rings is 2. The van der Waals surface area contributed by atoms with Crippen molar-refractivity contribution >= 4 is 17.5 Å². The Kier molecular flexibility index (Phi) is 5.03. The van der Waals surface area contributed by atoms with Gasteiger partial charge >= 0.3 is 0 Å². The Balaban J connectivity index is 1.86. The molecule has 0 unspecified atom stereocenters. The van der Waals surface area contributed by atoms with Gasteiger partial charge in [0, 0.05) is 19.2 Å². The van der Waals surface area contributed by atoms with Crippen molar-refractivity contribution in [3.63, 3.8) is 0 Å². The zero-order valence-corrected chi connectivity index (χ0v) is 14.4. The lowest BCUT2D eigenvalue weighted by atomic mass is 9.84. The molecule has 0 bridgehead atoms. The predicted octanol–water partition coefficient (Wildman–Crippen LogP) is 3.24. The zero-order chi connectivity index (χ0) is 17.8. The van der Waals surface area contributed by atoms with E-state index in [2.05, 4.69) is 5.32 Å². The first-order valence-electron chi connectivity index (χ1n) is 8.35. The monoisotopic (exact) mass is 338 g/mol. The highest BCUT2D eigenvalue weighted by atomic mass is 16.5. The fraction of sp³-hybridized carbons (Fsp3) is 0.300. The quantitative estimate of drug-likeness (QED) is 0.931. The van der Waals surface area contributed by atoms with Gasteiger partial charge in [0.2, 0.25) is 11.8 Å². The average molecular weight is 338 g/mol. The summed E-state index contributed by atoms with van der Waals surface area (Å²) in [5.74, 6) is 0.450. The molecule has 1 heterocycles. The number of carbonyl (C=O) groups excluding carboxylic acids is 2. The summed E-state index contributed by atoms with van der Waals surface area (Å²) < 4.78 is 5.20. The third-order valence-electron chi connectivity index (χ3n) is 4.70. The highest BCUT2D eigenvalue weighted by Crippen LogP contribution is 2.37. The van der Waals surface area contributed by atoms with Crippen LogP contribution in [0.15, 0.2) is 54.6 Å². The molecule has 2 atom stereocenters. The zero-order valence-electron chi connectivity index (χ0n) is 14.4. The predicted molar refractivity (Wildman–Crippen MR) is 96.3 cm³/mol. The summed E-state index contributed by atoms with van der Waals surface area (Å²) in [5.41, 5.74) is 1.70. The lowest BCUT2D eigenvalue weighted by molar-refractivity contribution is -0.140. The fourth-order valence-corrected chi connectivity index (χ4v) is 3.33. The number of piperidine rings is 1. The molecule has 1 aliphatic rings. The minimum atomic E-state index is -0.295. The second-order valence-electron chi connectivity index (χ2n) is 6.22. The second kappa shape index (κ2) is 7.38. The molecule has 5 nitrogen and oxygen atoms in total. The van der Waals surface area contributed by atoms with Crippen molar-refractivity contribution in [2.45, 2.75) is 18.9 Å². The van der Waals surface area contributed by atoms with Crippen LogP contribution in [0.5, 0.6) is 5.75 Å². The van der Waals surface area contributed by atoms with Gasteiger partial charge < -0.3 is 15.0 Å². The molecule has 25 heavy (non-hydrogen) atoms. The molecule has 1 aliphatic heterocycles. The normalized spacial score (nSPS) is 20.2. The Labute approximate surface area is 147 Å². The molecule has 130 valence electrons. The summed E-state index contributed by atoms with van der Waals surface area (Å²) in [6, 6.07) is 16.7. The molecule has 2 aromatic carbocycles. The number of hydrogen-bond donors (Lipinski definition) is 1. The van der Waals surface area contributed by atoms with Gasteiger partial charge in [0.25, 0.3) is 0 Å². The van der Waals surface area contributed by atoms with Crippen LogP contribution in [0, 0.1) is 5.92 Å². The number of nitrogens with zero attached hydrogens (tertiary/aromatic N) is 1. The summed E-state index contributed by atoms with van der Waals surface area (Å²) >= 11 is 0. The third kappa shape index (κ3) is 3.65. The van der Waals surface area contributed by atoms with Gasteiger partial charge in [-0.05, 0) is 36.2 Å². The fourth-order valence-electron chi connectivity index (χ4n) is 3.33. The molecule has 3 rings (SSSR count). The minimum absolute atomic E-state index is 0.0598. The molecule has 0 aromatic heterocycles. The van der Waals surface area contributed by atoms with Gasteiger partial charge in [0.1, 0.15) is 5.75 Å². The smallest absolute Gasteiger partial charge is 0.229 e. The van der Waals surface area contributed by atoms with Crippen LogP contribution < -0.4 is 10.1 Å². The Hall–Kier alpha value is -2.82. The Morgan fingerprint density at radius 1 is 1.12 bits per heavy atom. The Bertz CT molecular complexity index is 743. The molecule has 1 fully saturated rings. The van der Waals surface area contributed by atoms with Crippen molar-refractivity contribution in [3.05, 3.63) is 60.2 Å². The number of hydrogen-bond acceptors (Lipinski definition) is 3. The van der Waals surface area contributed by atoms with Gasteiger partial charge in [-0.3, -0.25) is 9.59 Å². The molecular weight excluding hydrogens is 316 g/mol. The van der Waals surface area contributed by atoms with Crippen molar-refractivity contribution < 1.29 is 14.3 Å². The first-order valence-corrected chi connectivity index (χ1v) is 8.35. The molecule has 2 aromatic rings. The van der Waals surface area contributed by atoms with Crippen molar-refractivity contribution in [3.8, 4) is 5.75 Å². The maximum Gasteiger partial charge on any atom is 0.229 e. The maximum absolute atomic E-state index is 12.9. The van der Waals surface area contributed by atoms with Crippen LogP contribution in [0.2, 0.25) is 0 Å². The minimum Gasteiger partial charge on any atom is -0.497 e. The van der Waals surface area contributed by atoms with E-state index in [0.29, 0.717) is 12.8 Å². The highest BCUT2D eigenvalue weighted by Gasteiger charge is 2.38. The topological polar surface area (TPSA) is 58.6 Å². The van der Waals surface area contributed by atoms with Crippen LogP contribution in [0.25, 0.3) is 0 Å². The summed E-state index contributed by atoms with van der Waals surface area (Å²) in [6.07, 6.45) is 0.925. The number of rotatable bonds is 4. The van der Waals surface area contributed by atoms with E-state index in [1.165, 1.54) is 0 Å². The van der Waals surface area contributed by atoms with E-state index in [9.17, 15) is 9.59 Å². The van der Waals surface area contributed by atoms with Gasteiger partial charge in [0.15, 0.2) is 0 Å². The van der Waals surface area contributed by atoms with E-state index < -0.39 is 0 Å². The van der Waals surface area contributed by atoms with Crippen LogP contribution in [-0.4, -0.2) is 30.9 Å². The third-order valence-corrected chi connectivity index (χ3v) is 4.70. The lowest BCUT2D eigenvalue weighted by Crippen LogP contribution is -2.44. The first kappa shape index (κ1) is 17.0. The van der Waals surface area contributed by atoms with Crippen molar-refractivity contribution in [2.75, 3.05) is 19.5 Å². The summed E-state index contributed by atoms with van der Waals surface area (Å²) in [4.78, 5) is 26.7. The van der Waals surface area contributed by atoms with Gasteiger partial charge in [-0.1, -0.05) is 30.3 Å². The van der Waals surface area contributed by atoms with Crippen molar-refractivity contribution in [1.29, 1.82) is 0 Å². The van der Waals surface area contributed by atoms with Crippen LogP contribution in [-0.2, 0) is 9.59 Å². The SMILES string of the molecule is COc1ccc([C@H]2[C@@H](C(=O)Nc3ccccc3)CCC(=O)N2C)cc1. The largest absolute Gasteiger partial charge is 0.497 e. The van der Waals surface area contributed by atoms with E-state index in [-0.39, 0.29) is 23.8 Å². The summed E-state index contributed by atoms with van der Waals surface area (Å²) in [7, 11) is 3.38. The van der Waals surface area contributed by atoms with Crippen LogP contribution in [0.3, 0.4) is 0 Å². The van der Waals surface area contributed by atoms with Gasteiger partial charge in [-0.25, -0.2) is 0 Å². The molecular formula is C20H22N2O3. The molecule has 2 amide bonds. The number of anilines is 1. The lowest BCUT2D eigenvalue weighted by Gasteiger charge is -2.38. The van der Waals surface area contributed by atoms with Gasteiger partial charge in [-0.15, -0.1) is 0 Å². The van der Waals surface area contributed by atoms with E-state index in [1.54, 1.807) is 19.1 Å². The molecule has 0 radical (unpaired) electrons. The van der Waals surface area contributed by atoms with Crippen LogP contribution in [0.1, 0.15) is 24.4 Å². The van der Waals surface area contributed by atoms with E-state index in [4.69, 9.17) is 4.74 Å². The standard InChI is InChI=1S/C20H22N2O3/c1-22-18(23)13-12-17(20(24)21-15-6-4-3-5-7-15)19(22)14-8-10-16(25-2)11-9-14/h3-11,17,19H,12-13H2,1-2H3,(H,21,24)/t17-,19-/m0/s1. The highest BCUT2D eigenvalue weighted by molar-refractivity contribution is 5.94. The van der Waals surface area contributed by atoms with Crippen molar-refractivity contribution in [2.24, 2.45) is 5.92 Å². The van der Waals surface area contributed by atoms with Gasteiger partial charge in [0.05, 0.1) is 19.1 Å². The number of para-hydroxylation sites is 1. The van der Waals surface area contributed by atoms with E-state index >= 15 is 0 Å². The Morgan fingerprint density at radius 2 is 1.80 bits per heavy atom. The summed E-state index contributed by atoms with van der Waals surface area (Å²) in [6.45, 7) is 0. The average Bonchev–Trinajstić information content (AvgIpc) is 2.64. The molecule has 1 N–H and O–H groups in total. The summed E-state index contributed by atoms with van der Waals surface area (Å²) in [5, 5.41) is 2.97. The Morgan fingerprint density at radius 3 is 2.44 bits per heavy atom. The van der Waals surface area contributed by atoms with Crippen molar-refractivity contribution in [1.82, 2.24) is 4.90 Å². The number of methoxy groups -OCH3 is 1. The molecule has 0 saturated carbocycles.